The molecule has 2 rings (SSSR count). The van der Waals surface area contributed by atoms with E-state index in [0.29, 0.717) is 6.04 Å². The maximum atomic E-state index is 12.8. The first kappa shape index (κ1) is 12.3. The number of likely N-dealkylation sites (N-methyl/N-ethyl adjacent to an activating group) is 1. The van der Waals surface area contributed by atoms with Crippen LogP contribution in [0.1, 0.15) is 10.4 Å². The highest BCUT2D eigenvalue weighted by Crippen LogP contribution is 2.14. The van der Waals surface area contributed by atoms with E-state index in [0.717, 1.165) is 12.8 Å². The van der Waals surface area contributed by atoms with Crippen LogP contribution in [-0.2, 0) is 12.8 Å². The van der Waals surface area contributed by atoms with Crippen LogP contribution in [0.25, 0.3) is 0 Å². The summed E-state index contributed by atoms with van der Waals surface area (Å²) >= 11 is 1.78. The molecule has 1 aromatic carbocycles. The van der Waals surface area contributed by atoms with Gasteiger partial charge in [0.05, 0.1) is 0 Å². The van der Waals surface area contributed by atoms with Gasteiger partial charge in [-0.15, -0.1) is 11.3 Å². The standard InChI is InChI=1S/C14H16FNS/c1-16-13(10-14-3-2-8-17-14)9-11-4-6-12(15)7-5-11/h2-8,13,16H,9-10H2,1H3. The first-order valence-electron chi connectivity index (χ1n) is 5.72. The molecule has 1 unspecified atom stereocenters. The van der Waals surface area contributed by atoms with Crippen LogP contribution in [0.5, 0.6) is 0 Å². The smallest absolute Gasteiger partial charge is 0.123 e. The van der Waals surface area contributed by atoms with Crippen molar-refractivity contribution in [2.75, 3.05) is 7.05 Å². The number of benzene rings is 1. The van der Waals surface area contributed by atoms with E-state index in [1.807, 2.05) is 19.2 Å². The molecule has 0 radical (unpaired) electrons. The Balaban J connectivity index is 1.97. The van der Waals surface area contributed by atoms with E-state index in [1.165, 1.54) is 22.6 Å². The van der Waals surface area contributed by atoms with Gasteiger partial charge in [-0.3, -0.25) is 0 Å². The van der Waals surface area contributed by atoms with E-state index >= 15 is 0 Å². The molecule has 17 heavy (non-hydrogen) atoms. The summed E-state index contributed by atoms with van der Waals surface area (Å²) in [7, 11) is 1.97. The normalized spacial score (nSPS) is 12.6. The molecule has 0 aliphatic heterocycles. The fourth-order valence-corrected chi connectivity index (χ4v) is 2.64. The van der Waals surface area contributed by atoms with Crippen LogP contribution in [0.15, 0.2) is 41.8 Å². The summed E-state index contributed by atoms with van der Waals surface area (Å²) in [5, 5.41) is 5.41. The summed E-state index contributed by atoms with van der Waals surface area (Å²) < 4.78 is 12.8. The summed E-state index contributed by atoms with van der Waals surface area (Å²) in [6, 6.07) is 11.4. The van der Waals surface area contributed by atoms with Crippen LogP contribution in [0.2, 0.25) is 0 Å². The van der Waals surface area contributed by atoms with Crippen LogP contribution < -0.4 is 5.32 Å². The first-order chi connectivity index (χ1) is 8.28. The van der Waals surface area contributed by atoms with Crippen molar-refractivity contribution in [3.63, 3.8) is 0 Å². The van der Waals surface area contributed by atoms with Gasteiger partial charge in [0.15, 0.2) is 0 Å². The van der Waals surface area contributed by atoms with Gasteiger partial charge in [0.1, 0.15) is 5.82 Å². The Morgan fingerprint density at radius 1 is 1.18 bits per heavy atom. The van der Waals surface area contributed by atoms with Crippen LogP contribution in [-0.4, -0.2) is 13.1 Å². The zero-order chi connectivity index (χ0) is 12.1. The van der Waals surface area contributed by atoms with E-state index in [4.69, 9.17) is 0 Å². The molecule has 90 valence electrons. The summed E-state index contributed by atoms with van der Waals surface area (Å²) in [4.78, 5) is 1.38. The Morgan fingerprint density at radius 3 is 2.53 bits per heavy atom. The number of rotatable bonds is 5. The maximum absolute atomic E-state index is 12.8. The van der Waals surface area contributed by atoms with Crippen molar-refractivity contribution in [2.45, 2.75) is 18.9 Å². The largest absolute Gasteiger partial charge is 0.316 e. The fourth-order valence-electron chi connectivity index (χ4n) is 1.85. The molecule has 1 nitrogen and oxygen atoms in total. The van der Waals surface area contributed by atoms with Crippen LogP contribution in [0, 0.1) is 5.82 Å². The average Bonchev–Trinajstić information content (AvgIpc) is 2.84. The zero-order valence-corrected chi connectivity index (χ0v) is 10.6. The van der Waals surface area contributed by atoms with Crippen molar-refractivity contribution in [2.24, 2.45) is 0 Å². The molecule has 0 aliphatic rings. The molecular formula is C14H16FNS. The average molecular weight is 249 g/mol. The van der Waals surface area contributed by atoms with Crippen LogP contribution in [0.3, 0.4) is 0 Å². The highest BCUT2D eigenvalue weighted by Gasteiger charge is 2.09. The zero-order valence-electron chi connectivity index (χ0n) is 9.82. The topological polar surface area (TPSA) is 12.0 Å². The third kappa shape index (κ3) is 3.65. The molecule has 1 atom stereocenters. The van der Waals surface area contributed by atoms with Crippen molar-refractivity contribution in [1.29, 1.82) is 0 Å². The molecule has 1 N–H and O–H groups in total. The van der Waals surface area contributed by atoms with Gasteiger partial charge in [-0.05, 0) is 49.0 Å². The highest BCUT2D eigenvalue weighted by atomic mass is 32.1. The second kappa shape index (κ2) is 5.94. The molecule has 0 amide bonds. The molecule has 1 aromatic heterocycles. The van der Waals surface area contributed by atoms with Crippen LogP contribution >= 0.6 is 11.3 Å². The predicted octanol–water partition coefficient (Wildman–Crippen LogP) is 3.26. The van der Waals surface area contributed by atoms with Gasteiger partial charge in [0.2, 0.25) is 0 Å². The van der Waals surface area contributed by atoms with Gasteiger partial charge in [0.25, 0.3) is 0 Å². The lowest BCUT2D eigenvalue weighted by Crippen LogP contribution is -2.29. The fraction of sp³-hybridized carbons (Fsp3) is 0.286. The molecule has 0 aliphatic carbocycles. The van der Waals surface area contributed by atoms with Crippen LogP contribution in [0.4, 0.5) is 4.39 Å². The van der Waals surface area contributed by atoms with Crippen molar-refractivity contribution >= 4 is 11.3 Å². The van der Waals surface area contributed by atoms with Crippen molar-refractivity contribution < 1.29 is 4.39 Å². The lowest BCUT2D eigenvalue weighted by molar-refractivity contribution is 0.559. The molecular weight excluding hydrogens is 233 g/mol. The number of hydrogen-bond donors (Lipinski definition) is 1. The van der Waals surface area contributed by atoms with Gasteiger partial charge in [-0.1, -0.05) is 18.2 Å². The van der Waals surface area contributed by atoms with E-state index in [1.54, 1.807) is 11.3 Å². The van der Waals surface area contributed by atoms with Gasteiger partial charge < -0.3 is 5.32 Å². The minimum Gasteiger partial charge on any atom is -0.316 e. The van der Waals surface area contributed by atoms with Crippen molar-refractivity contribution in [3.05, 3.63) is 58.0 Å². The third-order valence-corrected chi connectivity index (χ3v) is 3.73. The number of halogens is 1. The maximum Gasteiger partial charge on any atom is 0.123 e. The van der Waals surface area contributed by atoms with E-state index in [2.05, 4.69) is 22.8 Å². The van der Waals surface area contributed by atoms with Gasteiger partial charge in [-0.25, -0.2) is 4.39 Å². The quantitative estimate of drug-likeness (QED) is 0.857. The predicted molar refractivity (Wildman–Crippen MR) is 71.0 cm³/mol. The molecule has 1 heterocycles. The second-order valence-corrected chi connectivity index (χ2v) is 5.13. The Morgan fingerprint density at radius 2 is 1.94 bits per heavy atom. The van der Waals surface area contributed by atoms with Gasteiger partial charge >= 0.3 is 0 Å². The summed E-state index contributed by atoms with van der Waals surface area (Å²) in [6.45, 7) is 0. The third-order valence-electron chi connectivity index (χ3n) is 2.83. The Hall–Kier alpha value is -1.19. The second-order valence-electron chi connectivity index (χ2n) is 4.10. The monoisotopic (exact) mass is 249 g/mol. The lowest BCUT2D eigenvalue weighted by Gasteiger charge is -2.15. The van der Waals surface area contributed by atoms with E-state index < -0.39 is 0 Å². The molecule has 0 saturated carbocycles. The first-order valence-corrected chi connectivity index (χ1v) is 6.60. The van der Waals surface area contributed by atoms with Gasteiger partial charge in [-0.2, -0.15) is 0 Å². The summed E-state index contributed by atoms with van der Waals surface area (Å²) in [5.74, 6) is -0.173. The summed E-state index contributed by atoms with van der Waals surface area (Å²) in [5.41, 5.74) is 1.17. The van der Waals surface area contributed by atoms with E-state index in [9.17, 15) is 4.39 Å². The van der Waals surface area contributed by atoms with Crippen molar-refractivity contribution in [1.82, 2.24) is 5.32 Å². The number of thiophene rings is 1. The molecule has 0 bridgehead atoms. The molecule has 2 aromatic rings. The van der Waals surface area contributed by atoms with Crippen molar-refractivity contribution in [3.8, 4) is 0 Å². The number of nitrogens with one attached hydrogen (secondary N) is 1. The SMILES string of the molecule is CNC(Cc1ccc(F)cc1)Cc1cccs1. The number of hydrogen-bond acceptors (Lipinski definition) is 2. The Labute approximate surface area is 105 Å². The van der Waals surface area contributed by atoms with E-state index in [-0.39, 0.29) is 5.82 Å². The highest BCUT2D eigenvalue weighted by molar-refractivity contribution is 7.09. The van der Waals surface area contributed by atoms with Gasteiger partial charge in [0, 0.05) is 10.9 Å². The Bertz CT molecular complexity index is 436. The summed E-state index contributed by atoms with van der Waals surface area (Å²) in [6.07, 6.45) is 1.94. The minimum atomic E-state index is -0.173. The molecule has 0 saturated heterocycles. The molecule has 0 spiro atoms. The lowest BCUT2D eigenvalue weighted by atomic mass is 10.0. The minimum absolute atomic E-state index is 0.173. The molecule has 3 heteroatoms. The molecule has 0 fully saturated rings. The Kier molecular flexibility index (Phi) is 4.29.